The lowest BCUT2D eigenvalue weighted by Crippen LogP contribution is -2.11. The van der Waals surface area contributed by atoms with Crippen molar-refractivity contribution in [3.8, 4) is 0 Å². The molecule has 2 aromatic carbocycles. The maximum Gasteiger partial charge on any atom is 0.255 e. The van der Waals surface area contributed by atoms with Crippen LogP contribution in [0.1, 0.15) is 23.7 Å². The minimum Gasteiger partial charge on any atom is -0.322 e. The summed E-state index contributed by atoms with van der Waals surface area (Å²) in [6.07, 6.45) is 0.583. The van der Waals surface area contributed by atoms with E-state index in [1.807, 2.05) is 48.5 Å². The normalized spacial score (nSPS) is 9.10. The van der Waals surface area contributed by atoms with E-state index in [1.165, 1.54) is 0 Å². The summed E-state index contributed by atoms with van der Waals surface area (Å²) in [6, 6.07) is 18.6. The predicted molar refractivity (Wildman–Crippen MR) is 85.1 cm³/mol. The molecular weight excluding hydrogens is 318 g/mol. The second-order valence-electron chi connectivity index (χ2n) is 3.89. The largest absolute Gasteiger partial charge is 0.322 e. The fraction of sp³-hybridized carbons (Fsp3) is 0.125. The van der Waals surface area contributed by atoms with Gasteiger partial charge in [0.15, 0.2) is 4.69 Å². The van der Waals surface area contributed by atoms with Crippen LogP contribution in [0.5, 0.6) is 0 Å². The fourth-order valence-electron chi connectivity index (χ4n) is 1.31. The zero-order valence-electron chi connectivity index (χ0n) is 11.2. The zero-order chi connectivity index (χ0) is 14.8. The van der Waals surface area contributed by atoms with E-state index in [9.17, 15) is 9.59 Å². The van der Waals surface area contributed by atoms with E-state index >= 15 is 0 Å². The summed E-state index contributed by atoms with van der Waals surface area (Å²) >= 11 is 2.73. The van der Waals surface area contributed by atoms with Gasteiger partial charge in [0.1, 0.15) is 0 Å². The number of carbonyl (C=O) groups excluding carboxylic acids is 2. The van der Waals surface area contributed by atoms with Gasteiger partial charge in [0.25, 0.3) is 5.91 Å². The number of hydrogen-bond donors (Lipinski definition) is 1. The van der Waals surface area contributed by atoms with Crippen molar-refractivity contribution in [2.75, 3.05) is 5.32 Å². The van der Waals surface area contributed by atoms with Crippen molar-refractivity contribution in [2.45, 2.75) is 13.3 Å². The summed E-state index contributed by atoms with van der Waals surface area (Å²) in [5.74, 6) is -0.0817. The third kappa shape index (κ3) is 6.29. The Morgan fingerprint density at radius 2 is 1.40 bits per heavy atom. The summed E-state index contributed by atoms with van der Waals surface area (Å²) in [6.45, 7) is 1.80. The van der Waals surface area contributed by atoms with Gasteiger partial charge in [-0.1, -0.05) is 43.3 Å². The van der Waals surface area contributed by atoms with Crippen molar-refractivity contribution in [2.24, 2.45) is 0 Å². The molecule has 0 bridgehead atoms. The molecule has 3 nitrogen and oxygen atoms in total. The highest BCUT2D eigenvalue weighted by molar-refractivity contribution is 9.18. The van der Waals surface area contributed by atoms with E-state index in [-0.39, 0.29) is 10.6 Å². The molecule has 0 radical (unpaired) electrons. The van der Waals surface area contributed by atoms with Gasteiger partial charge in [-0.2, -0.15) is 0 Å². The molecule has 104 valence electrons. The molecule has 0 saturated heterocycles. The second kappa shape index (κ2) is 9.04. The number of carbonyl (C=O) groups is 2. The third-order valence-corrected chi connectivity index (χ3v) is 2.91. The number of halogens is 1. The van der Waals surface area contributed by atoms with Crippen molar-refractivity contribution in [1.29, 1.82) is 0 Å². The summed E-state index contributed by atoms with van der Waals surface area (Å²) in [4.78, 5) is 21.4. The van der Waals surface area contributed by atoms with Crippen LogP contribution >= 0.6 is 15.9 Å². The number of para-hydroxylation sites is 1. The van der Waals surface area contributed by atoms with E-state index in [2.05, 4.69) is 21.2 Å². The van der Waals surface area contributed by atoms with E-state index in [0.29, 0.717) is 12.0 Å². The lowest BCUT2D eigenvalue weighted by molar-refractivity contribution is -0.110. The number of benzene rings is 2. The molecule has 0 fully saturated rings. The van der Waals surface area contributed by atoms with Crippen LogP contribution in [0.15, 0.2) is 60.7 Å². The summed E-state index contributed by atoms with van der Waals surface area (Å²) in [5.41, 5.74) is 1.48. The van der Waals surface area contributed by atoms with E-state index < -0.39 is 0 Å². The van der Waals surface area contributed by atoms with Crippen LogP contribution in [0.2, 0.25) is 0 Å². The molecule has 0 spiro atoms. The van der Waals surface area contributed by atoms with E-state index in [0.717, 1.165) is 5.69 Å². The summed E-state index contributed by atoms with van der Waals surface area (Å²) in [5, 5.41) is 2.82. The fourth-order valence-corrected chi connectivity index (χ4v) is 1.31. The Morgan fingerprint density at radius 1 is 0.950 bits per heavy atom. The van der Waals surface area contributed by atoms with Crippen molar-refractivity contribution < 1.29 is 9.59 Å². The number of nitrogens with one attached hydrogen (secondary N) is 1. The van der Waals surface area contributed by atoms with Gasteiger partial charge in [-0.3, -0.25) is 9.59 Å². The Balaban J connectivity index is 0.000000347. The van der Waals surface area contributed by atoms with E-state index in [1.54, 1.807) is 19.1 Å². The first-order valence-electron chi connectivity index (χ1n) is 6.23. The van der Waals surface area contributed by atoms with Crippen LogP contribution in [0, 0.1) is 0 Å². The topological polar surface area (TPSA) is 46.2 Å². The first-order chi connectivity index (χ1) is 9.63. The average molecular weight is 334 g/mol. The minimum atomic E-state index is -0.0817. The van der Waals surface area contributed by atoms with Crippen molar-refractivity contribution in [1.82, 2.24) is 0 Å². The number of amides is 1. The molecule has 1 amide bonds. The molecule has 0 aliphatic heterocycles. The van der Waals surface area contributed by atoms with Crippen LogP contribution in [0.25, 0.3) is 0 Å². The first-order valence-corrected chi connectivity index (χ1v) is 7.02. The molecule has 20 heavy (non-hydrogen) atoms. The SMILES string of the molecule is CCC(=O)Br.O=C(Nc1ccccc1)c1ccccc1. The lowest BCUT2D eigenvalue weighted by Gasteiger charge is -2.03. The molecule has 2 rings (SSSR count). The molecule has 4 heteroatoms. The Labute approximate surface area is 127 Å². The molecule has 0 saturated carbocycles. The quantitative estimate of drug-likeness (QED) is 0.853. The molecule has 2 aromatic rings. The van der Waals surface area contributed by atoms with Gasteiger partial charge in [0.05, 0.1) is 0 Å². The number of hydrogen-bond acceptors (Lipinski definition) is 2. The molecule has 0 aliphatic rings. The van der Waals surface area contributed by atoms with Crippen LogP contribution < -0.4 is 5.32 Å². The van der Waals surface area contributed by atoms with E-state index in [4.69, 9.17) is 0 Å². The molecule has 0 aliphatic carbocycles. The maximum absolute atomic E-state index is 11.7. The molecule has 0 unspecified atom stereocenters. The molecule has 0 aromatic heterocycles. The second-order valence-corrected chi connectivity index (χ2v) is 4.78. The van der Waals surface area contributed by atoms with Gasteiger partial charge in [-0.15, -0.1) is 0 Å². The van der Waals surface area contributed by atoms with Crippen LogP contribution in [-0.2, 0) is 4.79 Å². The highest BCUT2D eigenvalue weighted by Crippen LogP contribution is 2.07. The van der Waals surface area contributed by atoms with Gasteiger partial charge in [-0.25, -0.2) is 0 Å². The molecular formula is C16H16BrNO2. The highest BCUT2D eigenvalue weighted by atomic mass is 79.9. The van der Waals surface area contributed by atoms with Crippen molar-refractivity contribution >= 4 is 32.2 Å². The van der Waals surface area contributed by atoms with Gasteiger partial charge in [-0.05, 0) is 40.2 Å². The minimum absolute atomic E-state index is 0.0671. The smallest absolute Gasteiger partial charge is 0.255 e. The van der Waals surface area contributed by atoms with Gasteiger partial charge >= 0.3 is 0 Å². The standard InChI is InChI=1S/C13H11NO.C3H5BrO/c15-13(11-7-3-1-4-8-11)14-12-9-5-2-6-10-12;1-2-3(4)5/h1-10H,(H,14,15);2H2,1H3. The average Bonchev–Trinajstić information content (AvgIpc) is 2.49. The highest BCUT2D eigenvalue weighted by Gasteiger charge is 2.03. The van der Waals surface area contributed by atoms with Crippen LogP contribution in [-0.4, -0.2) is 10.6 Å². The monoisotopic (exact) mass is 333 g/mol. The Morgan fingerprint density at radius 3 is 1.85 bits per heavy atom. The number of rotatable bonds is 3. The number of anilines is 1. The summed E-state index contributed by atoms with van der Waals surface area (Å²) < 4.78 is 0.0671. The summed E-state index contributed by atoms with van der Waals surface area (Å²) in [7, 11) is 0. The van der Waals surface area contributed by atoms with Gasteiger partial charge < -0.3 is 5.32 Å². The predicted octanol–water partition coefficient (Wildman–Crippen LogP) is 4.26. The Bertz CT molecular complexity index is 541. The zero-order valence-corrected chi connectivity index (χ0v) is 12.8. The molecule has 0 atom stereocenters. The molecule has 0 heterocycles. The van der Waals surface area contributed by atoms with Crippen LogP contribution in [0.3, 0.4) is 0 Å². The Kier molecular flexibility index (Phi) is 7.29. The van der Waals surface area contributed by atoms with Crippen molar-refractivity contribution in [3.05, 3.63) is 66.2 Å². The van der Waals surface area contributed by atoms with Gasteiger partial charge in [0.2, 0.25) is 0 Å². The Hall–Kier alpha value is -1.94. The lowest BCUT2D eigenvalue weighted by atomic mass is 10.2. The van der Waals surface area contributed by atoms with Crippen molar-refractivity contribution in [3.63, 3.8) is 0 Å². The van der Waals surface area contributed by atoms with Gasteiger partial charge in [0, 0.05) is 17.7 Å². The maximum atomic E-state index is 11.7. The third-order valence-electron chi connectivity index (χ3n) is 2.35. The van der Waals surface area contributed by atoms with Crippen LogP contribution in [0.4, 0.5) is 5.69 Å². The molecule has 1 N–H and O–H groups in total. The first kappa shape index (κ1) is 16.1.